The fourth-order valence-electron chi connectivity index (χ4n) is 3.15. The van der Waals surface area contributed by atoms with Crippen LogP contribution in [0.15, 0.2) is 70.5 Å². The van der Waals surface area contributed by atoms with E-state index in [-0.39, 0.29) is 5.56 Å². The molecule has 0 radical (unpaired) electrons. The largest absolute Gasteiger partial charge is 0.497 e. The van der Waals surface area contributed by atoms with Gasteiger partial charge in [0.25, 0.3) is 5.56 Å². The Balaban J connectivity index is 0.000000860. The highest BCUT2D eigenvalue weighted by Gasteiger charge is 2.23. The summed E-state index contributed by atoms with van der Waals surface area (Å²) in [6, 6.07) is 18.5. The molecule has 1 aliphatic rings. The van der Waals surface area contributed by atoms with Gasteiger partial charge in [0.2, 0.25) is 0 Å². The number of hydrogen-bond acceptors (Lipinski definition) is 6. The SMILES string of the molecule is CC.CO.COc1ccc(-c2cc3c(n(-c4ccccc4)c2=O)NC(S(C)=O)N=C3)cc1. The van der Waals surface area contributed by atoms with Crippen LogP contribution in [-0.2, 0) is 10.8 Å². The smallest absolute Gasteiger partial charge is 0.264 e. The van der Waals surface area contributed by atoms with Crippen LogP contribution in [-0.4, -0.2) is 46.1 Å². The molecule has 2 atom stereocenters. The molecular formula is C24H29N3O4S. The molecule has 0 saturated carbocycles. The van der Waals surface area contributed by atoms with Gasteiger partial charge in [0.05, 0.1) is 23.6 Å². The van der Waals surface area contributed by atoms with Crippen molar-refractivity contribution in [2.75, 3.05) is 25.8 Å². The van der Waals surface area contributed by atoms with Gasteiger partial charge in [-0.2, -0.15) is 0 Å². The third-order valence-corrected chi connectivity index (χ3v) is 5.44. The van der Waals surface area contributed by atoms with Crippen molar-refractivity contribution in [2.45, 2.75) is 19.3 Å². The van der Waals surface area contributed by atoms with Crippen molar-refractivity contribution in [2.24, 2.45) is 4.99 Å². The summed E-state index contributed by atoms with van der Waals surface area (Å²) in [5.41, 5.74) is 2.06. The highest BCUT2D eigenvalue weighted by molar-refractivity contribution is 7.85. The maximum Gasteiger partial charge on any atom is 0.264 e. The first kappa shape index (κ1) is 25.0. The van der Waals surface area contributed by atoms with E-state index in [1.54, 1.807) is 24.1 Å². The standard InChI is InChI=1S/C21H19N3O3S.C2H6.CH4O/c1-27-17-10-8-14(9-11-17)18-12-15-13-22-21(28(2)26)23-19(15)24(20(18)25)16-6-4-3-5-7-16;2*1-2/h3-13,21,23H,1-2H3;1-2H3;2H,1H3. The van der Waals surface area contributed by atoms with Gasteiger partial charge in [-0.3, -0.25) is 18.6 Å². The Hall–Kier alpha value is -3.23. The Morgan fingerprint density at radius 3 is 2.25 bits per heavy atom. The van der Waals surface area contributed by atoms with Gasteiger partial charge >= 0.3 is 0 Å². The molecule has 0 aliphatic carbocycles. The maximum atomic E-state index is 13.4. The van der Waals surface area contributed by atoms with E-state index in [2.05, 4.69) is 10.3 Å². The molecule has 0 saturated heterocycles. The second kappa shape index (κ2) is 12.0. The quantitative estimate of drug-likeness (QED) is 0.626. The Morgan fingerprint density at radius 1 is 1.06 bits per heavy atom. The van der Waals surface area contributed by atoms with Crippen LogP contribution in [0, 0.1) is 0 Å². The molecule has 1 aliphatic heterocycles. The van der Waals surface area contributed by atoms with Crippen LogP contribution in [0.4, 0.5) is 5.82 Å². The van der Waals surface area contributed by atoms with Gasteiger partial charge in [-0.15, -0.1) is 0 Å². The average molecular weight is 456 g/mol. The number of para-hydroxylation sites is 1. The molecule has 1 aromatic heterocycles. The minimum atomic E-state index is -1.21. The number of aliphatic hydroxyl groups excluding tert-OH is 1. The van der Waals surface area contributed by atoms with Crippen molar-refractivity contribution in [1.82, 2.24) is 4.57 Å². The molecule has 0 fully saturated rings. The van der Waals surface area contributed by atoms with Crippen molar-refractivity contribution in [3.63, 3.8) is 0 Å². The monoisotopic (exact) mass is 455 g/mol. The molecule has 170 valence electrons. The number of ether oxygens (including phenoxy) is 1. The average Bonchev–Trinajstić information content (AvgIpc) is 2.86. The van der Waals surface area contributed by atoms with Crippen molar-refractivity contribution in [3.05, 3.63) is 76.6 Å². The normalized spacial score (nSPS) is 14.5. The highest BCUT2D eigenvalue weighted by atomic mass is 32.2. The van der Waals surface area contributed by atoms with Crippen LogP contribution >= 0.6 is 0 Å². The van der Waals surface area contributed by atoms with E-state index in [1.807, 2.05) is 74.5 Å². The predicted molar refractivity (Wildman–Crippen MR) is 133 cm³/mol. The van der Waals surface area contributed by atoms with E-state index in [0.717, 1.165) is 29.7 Å². The number of nitrogens with zero attached hydrogens (tertiary/aromatic N) is 2. The van der Waals surface area contributed by atoms with Crippen LogP contribution in [0.1, 0.15) is 19.4 Å². The van der Waals surface area contributed by atoms with Crippen LogP contribution in [0.3, 0.4) is 0 Å². The Morgan fingerprint density at radius 2 is 1.69 bits per heavy atom. The summed E-state index contributed by atoms with van der Waals surface area (Å²) in [4.78, 5) is 17.8. The molecule has 2 unspecified atom stereocenters. The summed E-state index contributed by atoms with van der Waals surface area (Å²) >= 11 is 0. The molecular weight excluding hydrogens is 426 g/mol. The molecule has 3 aromatic rings. The predicted octanol–water partition coefficient (Wildman–Crippen LogP) is 3.65. The molecule has 2 heterocycles. The Kier molecular flexibility index (Phi) is 9.37. The number of aliphatic hydroxyl groups is 1. The second-order valence-electron chi connectivity index (χ2n) is 6.34. The first-order valence-electron chi connectivity index (χ1n) is 10.1. The highest BCUT2D eigenvalue weighted by Crippen LogP contribution is 2.27. The third-order valence-electron chi connectivity index (χ3n) is 4.57. The van der Waals surface area contributed by atoms with Crippen LogP contribution in [0.2, 0.25) is 0 Å². The summed E-state index contributed by atoms with van der Waals surface area (Å²) in [6.45, 7) is 4.00. The lowest BCUT2D eigenvalue weighted by molar-refractivity contribution is 0.399. The fourth-order valence-corrected chi connectivity index (χ4v) is 3.66. The van der Waals surface area contributed by atoms with Crippen LogP contribution in [0.25, 0.3) is 16.8 Å². The number of anilines is 1. The first-order chi connectivity index (χ1) is 15.6. The topological polar surface area (TPSA) is 92.9 Å². The zero-order valence-corrected chi connectivity index (χ0v) is 19.7. The summed E-state index contributed by atoms with van der Waals surface area (Å²) in [5, 5.41) is 10.1. The lowest BCUT2D eigenvalue weighted by Crippen LogP contribution is -2.32. The maximum absolute atomic E-state index is 13.4. The third kappa shape index (κ3) is 5.33. The van der Waals surface area contributed by atoms with Crippen molar-refractivity contribution in [3.8, 4) is 22.6 Å². The van der Waals surface area contributed by atoms with Gasteiger partial charge in [0.15, 0.2) is 5.50 Å². The van der Waals surface area contributed by atoms with Gasteiger partial charge in [0.1, 0.15) is 11.6 Å². The number of aromatic nitrogens is 1. The van der Waals surface area contributed by atoms with Gasteiger partial charge in [0, 0.05) is 30.7 Å². The van der Waals surface area contributed by atoms with E-state index < -0.39 is 16.3 Å². The fraction of sp³-hybridized carbons (Fsp3) is 0.250. The van der Waals surface area contributed by atoms with Crippen molar-refractivity contribution >= 4 is 22.8 Å². The molecule has 8 heteroatoms. The lowest BCUT2D eigenvalue weighted by atomic mass is 10.0. The van der Waals surface area contributed by atoms with E-state index in [9.17, 15) is 9.00 Å². The number of nitrogens with one attached hydrogen (secondary N) is 1. The second-order valence-corrected chi connectivity index (χ2v) is 7.78. The molecule has 32 heavy (non-hydrogen) atoms. The van der Waals surface area contributed by atoms with E-state index in [1.165, 1.54) is 0 Å². The molecule has 2 N–H and O–H groups in total. The number of rotatable bonds is 4. The molecule has 0 amide bonds. The molecule has 0 spiro atoms. The van der Waals surface area contributed by atoms with E-state index in [4.69, 9.17) is 9.84 Å². The first-order valence-corrected chi connectivity index (χ1v) is 11.8. The zero-order valence-electron chi connectivity index (χ0n) is 18.9. The van der Waals surface area contributed by atoms with Gasteiger partial charge < -0.3 is 15.2 Å². The number of fused-ring (bicyclic) bond motifs is 1. The molecule has 4 rings (SSSR count). The number of hydrogen-bond donors (Lipinski definition) is 2. The summed E-state index contributed by atoms with van der Waals surface area (Å²) in [7, 11) is 1.39. The van der Waals surface area contributed by atoms with Crippen LogP contribution < -0.4 is 15.6 Å². The summed E-state index contributed by atoms with van der Waals surface area (Å²) in [6.07, 6.45) is 3.25. The molecule has 7 nitrogen and oxygen atoms in total. The van der Waals surface area contributed by atoms with Crippen molar-refractivity contribution in [1.29, 1.82) is 0 Å². The summed E-state index contributed by atoms with van der Waals surface area (Å²) in [5.74, 6) is 1.31. The van der Waals surface area contributed by atoms with Gasteiger partial charge in [-0.1, -0.05) is 44.2 Å². The Labute approximate surface area is 190 Å². The van der Waals surface area contributed by atoms with E-state index >= 15 is 0 Å². The molecule has 2 aromatic carbocycles. The Bertz CT molecular complexity index is 1130. The minimum absolute atomic E-state index is 0.168. The minimum Gasteiger partial charge on any atom is -0.497 e. The zero-order chi connectivity index (χ0) is 23.7. The van der Waals surface area contributed by atoms with Gasteiger partial charge in [-0.25, -0.2) is 0 Å². The number of methoxy groups -OCH3 is 1. The van der Waals surface area contributed by atoms with Gasteiger partial charge in [-0.05, 0) is 35.9 Å². The number of pyridine rings is 1. The lowest BCUT2D eigenvalue weighted by Gasteiger charge is -2.24. The van der Waals surface area contributed by atoms with Crippen molar-refractivity contribution < 1.29 is 14.1 Å². The number of benzene rings is 2. The number of aliphatic imine (C=N–C) groups is 1. The summed E-state index contributed by atoms with van der Waals surface area (Å²) < 4.78 is 18.7. The van der Waals surface area contributed by atoms with Crippen LogP contribution in [0.5, 0.6) is 5.75 Å². The van der Waals surface area contributed by atoms with E-state index in [0.29, 0.717) is 11.4 Å². The molecule has 0 bridgehead atoms.